The number of hydrogen-bond donors (Lipinski definition) is 3. The van der Waals surface area contributed by atoms with Crippen LogP contribution >= 0.6 is 0 Å². The summed E-state index contributed by atoms with van der Waals surface area (Å²) in [6, 6.07) is 0. The molecule has 256 valence electrons. The minimum atomic E-state index is -0.891. The summed E-state index contributed by atoms with van der Waals surface area (Å²) in [7, 11) is 0. The zero-order valence-electron chi connectivity index (χ0n) is 28.5. The van der Waals surface area contributed by atoms with Crippen LogP contribution in [0.2, 0.25) is 0 Å². The van der Waals surface area contributed by atoms with Crippen molar-refractivity contribution >= 4 is 30.2 Å². The lowest BCUT2D eigenvalue weighted by molar-refractivity contribution is -0.137. The fraction of sp³-hybridized carbons (Fsp3) is 0.839. The van der Waals surface area contributed by atoms with Gasteiger partial charge in [0, 0.05) is 52.1 Å². The summed E-state index contributed by atoms with van der Waals surface area (Å²) >= 11 is 0. The van der Waals surface area contributed by atoms with E-state index < -0.39 is 41.1 Å². The van der Waals surface area contributed by atoms with Crippen LogP contribution in [-0.4, -0.2) is 101 Å². The number of ether oxygens (including phenoxy) is 3. The van der Waals surface area contributed by atoms with Crippen molar-refractivity contribution in [2.24, 2.45) is 0 Å². The Morgan fingerprint density at radius 3 is 1.36 bits per heavy atom. The third kappa shape index (κ3) is 24.2. The third-order valence-electron chi connectivity index (χ3n) is 5.69. The van der Waals surface area contributed by atoms with Crippen LogP contribution in [0.5, 0.6) is 0 Å². The van der Waals surface area contributed by atoms with Crippen molar-refractivity contribution in [1.29, 1.82) is 0 Å². The number of carbonyl (C=O) groups excluding carboxylic acids is 4. The van der Waals surface area contributed by atoms with Crippen molar-refractivity contribution < 1.29 is 43.3 Å². The first kappa shape index (κ1) is 40.8. The van der Waals surface area contributed by atoms with Crippen molar-refractivity contribution in [2.45, 2.75) is 130 Å². The zero-order valence-corrected chi connectivity index (χ0v) is 28.5. The van der Waals surface area contributed by atoms with Gasteiger partial charge in [0.15, 0.2) is 0 Å². The normalized spacial score (nSPS) is 11.8. The van der Waals surface area contributed by atoms with E-state index in [1.54, 1.807) is 72.1 Å². The Balaban J connectivity index is 5.03. The molecular weight excluding hydrogens is 572 g/mol. The highest BCUT2D eigenvalue weighted by atomic mass is 16.6. The van der Waals surface area contributed by atoms with Crippen LogP contribution < -0.4 is 10.6 Å². The summed E-state index contributed by atoms with van der Waals surface area (Å²) in [4.78, 5) is 63.8. The summed E-state index contributed by atoms with van der Waals surface area (Å²) in [5, 5.41) is 14.3. The molecule has 0 aromatic rings. The number of nitrogens with zero attached hydrogens (tertiary/aromatic N) is 2. The van der Waals surface area contributed by atoms with Crippen LogP contribution in [0.15, 0.2) is 0 Å². The van der Waals surface area contributed by atoms with Crippen molar-refractivity contribution in [1.82, 2.24) is 20.4 Å². The molecule has 13 nitrogen and oxygen atoms in total. The molecule has 0 radical (unpaired) electrons. The lowest BCUT2D eigenvalue weighted by Gasteiger charge is -2.28. The van der Waals surface area contributed by atoms with Crippen LogP contribution in [0.3, 0.4) is 0 Å². The fourth-order valence-corrected chi connectivity index (χ4v) is 3.85. The largest absolute Gasteiger partial charge is 0.481 e. The van der Waals surface area contributed by atoms with E-state index in [1.807, 2.05) is 0 Å². The molecule has 0 spiro atoms. The average Bonchev–Trinajstić information content (AvgIpc) is 2.83. The van der Waals surface area contributed by atoms with E-state index in [-0.39, 0.29) is 18.7 Å². The number of amides is 4. The second kappa shape index (κ2) is 19.9. The van der Waals surface area contributed by atoms with Crippen LogP contribution in [0, 0.1) is 0 Å². The molecule has 0 rings (SSSR count). The smallest absolute Gasteiger partial charge is 0.410 e. The highest BCUT2D eigenvalue weighted by Gasteiger charge is 2.23. The topological polar surface area (TPSA) is 164 Å². The molecule has 0 saturated heterocycles. The number of carboxylic acid groups (broad SMARTS) is 1. The molecule has 0 bridgehead atoms. The lowest BCUT2D eigenvalue weighted by Crippen LogP contribution is -2.40. The number of rotatable bonds is 18. The van der Waals surface area contributed by atoms with Gasteiger partial charge in [-0.2, -0.15) is 0 Å². The molecule has 0 aromatic carbocycles. The van der Waals surface area contributed by atoms with E-state index in [0.717, 1.165) is 0 Å². The van der Waals surface area contributed by atoms with E-state index in [9.17, 15) is 24.0 Å². The van der Waals surface area contributed by atoms with Crippen molar-refractivity contribution in [2.75, 3.05) is 39.3 Å². The second-order valence-electron chi connectivity index (χ2n) is 13.7. The average molecular weight is 631 g/mol. The summed E-state index contributed by atoms with van der Waals surface area (Å²) in [5.41, 5.74) is -1.87. The van der Waals surface area contributed by atoms with Crippen LogP contribution in [0.1, 0.15) is 114 Å². The van der Waals surface area contributed by atoms with Gasteiger partial charge in [-0.1, -0.05) is 0 Å². The minimum absolute atomic E-state index is 0.0148. The lowest BCUT2D eigenvalue weighted by atomic mass is 10.1. The number of unbranched alkanes of at least 4 members (excludes halogenated alkanes) is 2. The van der Waals surface area contributed by atoms with Crippen molar-refractivity contribution in [3.63, 3.8) is 0 Å². The molecular formula is C31H58N4O9. The summed E-state index contributed by atoms with van der Waals surface area (Å²) in [6.07, 6.45) is 1.91. The number of hydrogen-bond acceptors (Lipinski definition) is 8. The molecule has 0 aromatic heterocycles. The number of alkyl carbamates (subject to hydrolysis) is 2. The molecule has 0 saturated carbocycles. The first-order chi connectivity index (χ1) is 20.2. The van der Waals surface area contributed by atoms with Gasteiger partial charge >= 0.3 is 24.2 Å². The Hall–Kier alpha value is -3.25. The van der Waals surface area contributed by atoms with E-state index >= 15 is 0 Å². The van der Waals surface area contributed by atoms with Crippen LogP contribution in [-0.2, 0) is 23.8 Å². The summed E-state index contributed by atoms with van der Waals surface area (Å²) in [5.74, 6) is -0.970. The monoisotopic (exact) mass is 630 g/mol. The number of nitrogens with one attached hydrogen (secondary N) is 2. The third-order valence-corrected chi connectivity index (χ3v) is 5.69. The molecule has 0 fully saturated rings. The van der Waals surface area contributed by atoms with E-state index in [2.05, 4.69) is 10.6 Å². The Labute approximate surface area is 263 Å². The van der Waals surface area contributed by atoms with Gasteiger partial charge in [0.25, 0.3) is 0 Å². The minimum Gasteiger partial charge on any atom is -0.481 e. The van der Waals surface area contributed by atoms with Gasteiger partial charge in [0.2, 0.25) is 5.91 Å². The van der Waals surface area contributed by atoms with E-state index in [4.69, 9.17) is 19.3 Å². The fourth-order valence-electron chi connectivity index (χ4n) is 3.85. The zero-order chi connectivity index (χ0) is 34.0. The number of aliphatic carboxylic acids is 1. The number of carboxylic acids is 1. The second-order valence-corrected chi connectivity index (χ2v) is 13.7. The predicted molar refractivity (Wildman–Crippen MR) is 167 cm³/mol. The SMILES string of the molecule is CC(C)(C)OC(=O)NCCCN(CCCCN(CCCNC(=O)OC(C)(C)C)C(=O)OC(C)(C)C)C(=O)CCCCC(=O)O. The van der Waals surface area contributed by atoms with Crippen LogP contribution in [0.4, 0.5) is 14.4 Å². The van der Waals surface area contributed by atoms with Gasteiger partial charge in [-0.25, -0.2) is 14.4 Å². The quantitative estimate of drug-likeness (QED) is 0.135. The van der Waals surface area contributed by atoms with Gasteiger partial charge in [-0.05, 0) is 101 Å². The molecule has 0 unspecified atom stereocenters. The summed E-state index contributed by atoms with van der Waals surface area (Å²) in [6.45, 7) is 18.4. The molecule has 0 aliphatic heterocycles. The molecule has 0 atom stereocenters. The molecule has 13 heteroatoms. The Bertz CT molecular complexity index is 905. The number of carbonyl (C=O) groups is 5. The van der Waals surface area contributed by atoms with E-state index in [0.29, 0.717) is 77.8 Å². The van der Waals surface area contributed by atoms with Crippen molar-refractivity contribution in [3.8, 4) is 0 Å². The molecule has 0 aliphatic carbocycles. The van der Waals surface area contributed by atoms with Gasteiger partial charge < -0.3 is 39.8 Å². The van der Waals surface area contributed by atoms with Gasteiger partial charge in [-0.15, -0.1) is 0 Å². The highest BCUT2D eigenvalue weighted by Crippen LogP contribution is 2.13. The van der Waals surface area contributed by atoms with Gasteiger partial charge in [-0.3, -0.25) is 9.59 Å². The first-order valence-electron chi connectivity index (χ1n) is 15.6. The first-order valence-corrected chi connectivity index (χ1v) is 15.6. The Morgan fingerprint density at radius 1 is 0.545 bits per heavy atom. The molecule has 0 heterocycles. The maximum absolute atomic E-state index is 12.9. The predicted octanol–water partition coefficient (Wildman–Crippen LogP) is 5.31. The maximum atomic E-state index is 12.9. The van der Waals surface area contributed by atoms with Gasteiger partial charge in [0.05, 0.1) is 0 Å². The van der Waals surface area contributed by atoms with E-state index in [1.165, 1.54) is 0 Å². The van der Waals surface area contributed by atoms with Gasteiger partial charge in [0.1, 0.15) is 16.8 Å². The summed E-state index contributed by atoms with van der Waals surface area (Å²) < 4.78 is 16.1. The van der Waals surface area contributed by atoms with Crippen molar-refractivity contribution in [3.05, 3.63) is 0 Å². The van der Waals surface area contributed by atoms with Crippen LogP contribution in [0.25, 0.3) is 0 Å². The Kier molecular flexibility index (Phi) is 18.4. The maximum Gasteiger partial charge on any atom is 0.410 e. The molecule has 0 aliphatic rings. The Morgan fingerprint density at radius 2 is 0.932 bits per heavy atom. The standard InChI is InChI=1S/C31H58N4O9/c1-29(2,3)42-26(39)32-18-14-22-34(24(36)16-10-11-17-25(37)38)20-12-13-21-35(28(41)44-31(7,8)9)23-15-19-33-27(40)43-30(4,5)6/h10-23H2,1-9H3,(H,32,39)(H,33,40)(H,37,38). The molecule has 3 N–H and O–H groups in total. The highest BCUT2D eigenvalue weighted by molar-refractivity contribution is 5.76. The molecule has 44 heavy (non-hydrogen) atoms. The molecule has 4 amide bonds.